The maximum atomic E-state index is 6.41. The van der Waals surface area contributed by atoms with E-state index in [-0.39, 0.29) is 0 Å². The Labute approximate surface area is 120 Å². The molecule has 1 aromatic rings. The van der Waals surface area contributed by atoms with Gasteiger partial charge in [0, 0.05) is 11.1 Å². The Balaban J connectivity index is 2.28. The Morgan fingerprint density at radius 3 is 2.74 bits per heavy atom. The van der Waals surface area contributed by atoms with E-state index in [0.29, 0.717) is 11.7 Å². The zero-order chi connectivity index (χ0) is 13.8. The van der Waals surface area contributed by atoms with Crippen molar-refractivity contribution in [3.8, 4) is 11.5 Å². The lowest BCUT2D eigenvalue weighted by atomic mass is 9.90. The minimum Gasteiger partial charge on any atom is -0.493 e. The summed E-state index contributed by atoms with van der Waals surface area (Å²) in [5.74, 6) is 2.16. The van der Waals surface area contributed by atoms with Crippen LogP contribution in [0.3, 0.4) is 0 Å². The Kier molecular flexibility index (Phi) is 4.94. The van der Waals surface area contributed by atoms with Crippen LogP contribution in [-0.2, 0) is 6.42 Å². The third kappa shape index (κ3) is 3.15. The fraction of sp³-hybridized carbons (Fsp3) is 0.600. The Hall–Kier alpha value is -0.930. The first-order valence-corrected chi connectivity index (χ1v) is 7.15. The average Bonchev–Trinajstić information content (AvgIpc) is 2.44. The molecule has 0 spiro atoms. The van der Waals surface area contributed by atoms with E-state index in [1.165, 1.54) is 18.4 Å². The van der Waals surface area contributed by atoms with Gasteiger partial charge < -0.3 is 14.8 Å². The van der Waals surface area contributed by atoms with Crippen LogP contribution in [0.2, 0.25) is 5.02 Å². The van der Waals surface area contributed by atoms with E-state index < -0.39 is 0 Å². The van der Waals surface area contributed by atoms with Gasteiger partial charge in [0.15, 0.2) is 11.5 Å². The molecule has 4 heteroatoms. The molecule has 19 heavy (non-hydrogen) atoms. The molecular weight excluding hydrogens is 262 g/mol. The summed E-state index contributed by atoms with van der Waals surface area (Å²) in [6.07, 6.45) is 3.50. The topological polar surface area (TPSA) is 30.5 Å². The summed E-state index contributed by atoms with van der Waals surface area (Å²) in [6, 6.07) is 1.86. The van der Waals surface area contributed by atoms with Crippen molar-refractivity contribution in [2.24, 2.45) is 5.92 Å². The van der Waals surface area contributed by atoms with E-state index in [9.17, 15) is 0 Å². The molecule has 1 heterocycles. The summed E-state index contributed by atoms with van der Waals surface area (Å²) in [4.78, 5) is 0. The number of hydrogen-bond acceptors (Lipinski definition) is 3. The fourth-order valence-electron chi connectivity index (χ4n) is 2.81. The predicted octanol–water partition coefficient (Wildman–Crippen LogP) is 3.21. The molecule has 1 aliphatic rings. The highest BCUT2D eigenvalue weighted by Gasteiger charge is 2.20. The van der Waals surface area contributed by atoms with Crippen molar-refractivity contribution in [2.75, 3.05) is 27.3 Å². The molecular formula is C15H22ClNO2. The van der Waals surface area contributed by atoms with Crippen LogP contribution < -0.4 is 14.8 Å². The summed E-state index contributed by atoms with van der Waals surface area (Å²) in [6.45, 7) is 4.26. The third-order valence-corrected chi connectivity index (χ3v) is 4.22. The average molecular weight is 284 g/mol. The zero-order valence-corrected chi connectivity index (χ0v) is 12.6. The summed E-state index contributed by atoms with van der Waals surface area (Å²) in [5, 5.41) is 4.22. The molecule has 3 nitrogen and oxygen atoms in total. The third-order valence-electron chi connectivity index (χ3n) is 3.88. The molecule has 0 radical (unpaired) electrons. The SMILES string of the molecule is COc1cc(Cl)c(CC2CCCNC2)c(C)c1OC. The lowest BCUT2D eigenvalue weighted by Crippen LogP contribution is -2.31. The second kappa shape index (κ2) is 6.49. The zero-order valence-electron chi connectivity index (χ0n) is 11.9. The normalized spacial score (nSPS) is 19.3. The molecule has 1 N–H and O–H groups in total. The van der Waals surface area contributed by atoms with Gasteiger partial charge in [-0.1, -0.05) is 11.6 Å². The molecule has 1 aromatic carbocycles. The van der Waals surface area contributed by atoms with Crippen molar-refractivity contribution in [3.05, 3.63) is 22.2 Å². The number of hydrogen-bond donors (Lipinski definition) is 1. The van der Waals surface area contributed by atoms with Gasteiger partial charge in [-0.3, -0.25) is 0 Å². The van der Waals surface area contributed by atoms with Crippen LogP contribution in [0.25, 0.3) is 0 Å². The van der Waals surface area contributed by atoms with Crippen LogP contribution in [0.15, 0.2) is 6.07 Å². The highest BCUT2D eigenvalue weighted by Crippen LogP contribution is 2.38. The van der Waals surface area contributed by atoms with Gasteiger partial charge in [0.1, 0.15) is 0 Å². The molecule has 1 saturated heterocycles. The van der Waals surface area contributed by atoms with Gasteiger partial charge in [0.2, 0.25) is 0 Å². The minimum atomic E-state index is 0.656. The van der Waals surface area contributed by atoms with Gasteiger partial charge in [-0.2, -0.15) is 0 Å². The summed E-state index contributed by atoms with van der Waals surface area (Å²) < 4.78 is 10.8. The van der Waals surface area contributed by atoms with Crippen molar-refractivity contribution in [1.82, 2.24) is 5.32 Å². The molecule has 1 fully saturated rings. The van der Waals surface area contributed by atoms with Crippen molar-refractivity contribution < 1.29 is 9.47 Å². The lowest BCUT2D eigenvalue weighted by Gasteiger charge is -2.25. The van der Waals surface area contributed by atoms with E-state index in [4.69, 9.17) is 21.1 Å². The van der Waals surface area contributed by atoms with Gasteiger partial charge in [0.25, 0.3) is 0 Å². The summed E-state index contributed by atoms with van der Waals surface area (Å²) >= 11 is 6.41. The molecule has 0 aliphatic carbocycles. The van der Waals surface area contributed by atoms with Crippen LogP contribution in [0.5, 0.6) is 11.5 Å². The molecule has 0 amide bonds. The van der Waals surface area contributed by atoms with Crippen LogP contribution in [-0.4, -0.2) is 27.3 Å². The van der Waals surface area contributed by atoms with Crippen molar-refractivity contribution in [2.45, 2.75) is 26.2 Å². The number of piperidine rings is 1. The quantitative estimate of drug-likeness (QED) is 0.920. The largest absolute Gasteiger partial charge is 0.493 e. The maximum Gasteiger partial charge on any atom is 0.163 e. The molecule has 2 rings (SSSR count). The Morgan fingerprint density at radius 1 is 1.37 bits per heavy atom. The molecule has 0 saturated carbocycles. The van der Waals surface area contributed by atoms with Gasteiger partial charge in [-0.25, -0.2) is 0 Å². The van der Waals surface area contributed by atoms with Gasteiger partial charge in [-0.05, 0) is 56.3 Å². The van der Waals surface area contributed by atoms with E-state index in [2.05, 4.69) is 12.2 Å². The second-order valence-electron chi connectivity index (χ2n) is 5.11. The summed E-state index contributed by atoms with van der Waals surface area (Å²) in [7, 11) is 3.31. The molecule has 1 aliphatic heterocycles. The summed E-state index contributed by atoms with van der Waals surface area (Å²) in [5.41, 5.74) is 2.28. The smallest absolute Gasteiger partial charge is 0.163 e. The standard InChI is InChI=1S/C15H22ClNO2/c1-10-12(7-11-5-4-6-17-9-11)13(16)8-14(18-2)15(10)19-3/h8,11,17H,4-7,9H2,1-3H3. The predicted molar refractivity (Wildman–Crippen MR) is 78.6 cm³/mol. The van der Waals surface area contributed by atoms with Gasteiger partial charge >= 0.3 is 0 Å². The number of methoxy groups -OCH3 is 2. The molecule has 1 atom stereocenters. The van der Waals surface area contributed by atoms with Gasteiger partial charge in [0.05, 0.1) is 14.2 Å². The number of halogens is 1. The van der Waals surface area contributed by atoms with Crippen LogP contribution in [0.1, 0.15) is 24.0 Å². The first-order valence-electron chi connectivity index (χ1n) is 6.78. The Bertz CT molecular complexity index is 442. The number of nitrogens with one attached hydrogen (secondary N) is 1. The fourth-order valence-corrected chi connectivity index (χ4v) is 3.13. The van der Waals surface area contributed by atoms with Crippen LogP contribution >= 0.6 is 11.6 Å². The highest BCUT2D eigenvalue weighted by atomic mass is 35.5. The van der Waals surface area contributed by atoms with Crippen molar-refractivity contribution in [1.29, 1.82) is 0 Å². The molecule has 0 bridgehead atoms. The van der Waals surface area contributed by atoms with E-state index in [0.717, 1.165) is 35.8 Å². The molecule has 0 aromatic heterocycles. The first-order chi connectivity index (χ1) is 9.17. The van der Waals surface area contributed by atoms with E-state index in [1.54, 1.807) is 14.2 Å². The molecule has 1 unspecified atom stereocenters. The number of benzene rings is 1. The monoisotopic (exact) mass is 283 g/mol. The van der Waals surface area contributed by atoms with E-state index in [1.807, 2.05) is 6.07 Å². The maximum absolute atomic E-state index is 6.41. The van der Waals surface area contributed by atoms with E-state index >= 15 is 0 Å². The van der Waals surface area contributed by atoms with Crippen molar-refractivity contribution in [3.63, 3.8) is 0 Å². The number of rotatable bonds is 4. The Morgan fingerprint density at radius 2 is 2.16 bits per heavy atom. The first kappa shape index (κ1) is 14.5. The van der Waals surface area contributed by atoms with Crippen molar-refractivity contribution >= 4 is 11.6 Å². The van der Waals surface area contributed by atoms with Crippen LogP contribution in [0, 0.1) is 12.8 Å². The lowest BCUT2D eigenvalue weighted by molar-refractivity contribution is 0.349. The molecule has 106 valence electrons. The second-order valence-corrected chi connectivity index (χ2v) is 5.52. The minimum absolute atomic E-state index is 0.656. The highest BCUT2D eigenvalue weighted by molar-refractivity contribution is 6.31. The number of ether oxygens (including phenoxy) is 2. The van der Waals surface area contributed by atoms with Crippen LogP contribution in [0.4, 0.5) is 0 Å². The van der Waals surface area contributed by atoms with Gasteiger partial charge in [-0.15, -0.1) is 0 Å².